The maximum atomic E-state index is 5.55. The summed E-state index contributed by atoms with van der Waals surface area (Å²) in [5, 5.41) is 3.48. The van der Waals surface area contributed by atoms with E-state index in [1.165, 1.54) is 5.69 Å². The van der Waals surface area contributed by atoms with Crippen LogP contribution in [0.25, 0.3) is 5.65 Å². The fourth-order valence-electron chi connectivity index (χ4n) is 2.29. The lowest BCUT2D eigenvalue weighted by atomic mass is 10.1. The zero-order chi connectivity index (χ0) is 13.0. The zero-order valence-corrected chi connectivity index (χ0v) is 11.2. The summed E-state index contributed by atoms with van der Waals surface area (Å²) >= 11 is 0. The second-order valence-electron chi connectivity index (χ2n) is 4.62. The van der Waals surface area contributed by atoms with E-state index >= 15 is 0 Å². The van der Waals surface area contributed by atoms with Gasteiger partial charge in [-0.1, -0.05) is 13.0 Å². The van der Waals surface area contributed by atoms with Crippen LogP contribution in [0.5, 0.6) is 0 Å². The van der Waals surface area contributed by atoms with Crippen LogP contribution in [0, 0.1) is 6.92 Å². The molecule has 0 spiro atoms. The summed E-state index contributed by atoms with van der Waals surface area (Å²) in [6.45, 7) is 5.83. The van der Waals surface area contributed by atoms with Gasteiger partial charge in [0.25, 0.3) is 0 Å². The van der Waals surface area contributed by atoms with Crippen molar-refractivity contribution in [3.63, 3.8) is 0 Å². The van der Waals surface area contributed by atoms with Gasteiger partial charge in [0.2, 0.25) is 0 Å². The molecular weight excluding hydrogens is 224 g/mol. The molecule has 0 aliphatic carbocycles. The molecule has 2 rings (SSSR count). The normalized spacial score (nSPS) is 13.1. The van der Waals surface area contributed by atoms with Crippen LogP contribution >= 0.6 is 0 Å². The highest BCUT2D eigenvalue weighted by atomic mass is 15.0. The molecule has 4 heteroatoms. The Morgan fingerprint density at radius 2 is 2.28 bits per heavy atom. The van der Waals surface area contributed by atoms with E-state index in [1.807, 2.05) is 18.2 Å². The van der Waals surface area contributed by atoms with Gasteiger partial charge in [-0.05, 0) is 25.5 Å². The Hall–Kier alpha value is -1.39. The fraction of sp³-hybridized carbons (Fsp3) is 0.500. The number of nitrogens with zero attached hydrogens (tertiary/aromatic N) is 2. The van der Waals surface area contributed by atoms with Crippen molar-refractivity contribution >= 4 is 5.65 Å². The minimum atomic E-state index is 0.465. The van der Waals surface area contributed by atoms with Gasteiger partial charge < -0.3 is 15.5 Å². The molecule has 0 fully saturated rings. The van der Waals surface area contributed by atoms with Crippen molar-refractivity contribution in [2.24, 2.45) is 5.73 Å². The summed E-state index contributed by atoms with van der Waals surface area (Å²) in [6, 6.07) is 6.58. The third-order valence-corrected chi connectivity index (χ3v) is 3.34. The minimum Gasteiger partial charge on any atom is -0.329 e. The number of rotatable bonds is 6. The maximum absolute atomic E-state index is 5.55. The first-order valence-electron chi connectivity index (χ1n) is 6.62. The maximum Gasteiger partial charge on any atom is 0.137 e. The van der Waals surface area contributed by atoms with E-state index in [1.54, 1.807) is 0 Å². The summed E-state index contributed by atoms with van der Waals surface area (Å²) < 4.78 is 2.18. The quantitative estimate of drug-likeness (QED) is 0.812. The van der Waals surface area contributed by atoms with Crippen molar-refractivity contribution in [1.29, 1.82) is 0 Å². The van der Waals surface area contributed by atoms with E-state index < -0.39 is 0 Å². The highest BCUT2D eigenvalue weighted by molar-refractivity contribution is 5.42. The standard InChI is InChI=1S/C14H22N4/c1-3-12(16-8-7-15)10-13-11(2)17-14-6-4-5-9-18(13)14/h4-6,9,12,16H,3,7-8,10,15H2,1-2H3. The van der Waals surface area contributed by atoms with Gasteiger partial charge in [-0.25, -0.2) is 4.98 Å². The van der Waals surface area contributed by atoms with Gasteiger partial charge in [-0.15, -0.1) is 0 Å². The second kappa shape index (κ2) is 5.98. The number of imidazole rings is 1. The number of nitrogens with one attached hydrogen (secondary N) is 1. The largest absolute Gasteiger partial charge is 0.329 e. The molecule has 0 amide bonds. The Morgan fingerprint density at radius 1 is 1.44 bits per heavy atom. The molecule has 3 N–H and O–H groups in total. The Kier molecular flexibility index (Phi) is 4.33. The van der Waals surface area contributed by atoms with E-state index in [2.05, 4.69) is 34.7 Å². The van der Waals surface area contributed by atoms with E-state index in [4.69, 9.17) is 5.73 Å². The van der Waals surface area contributed by atoms with Gasteiger partial charge >= 0.3 is 0 Å². The van der Waals surface area contributed by atoms with Crippen molar-refractivity contribution < 1.29 is 0 Å². The first-order chi connectivity index (χ1) is 8.76. The van der Waals surface area contributed by atoms with Crippen LogP contribution in [0.1, 0.15) is 24.7 Å². The number of aromatic nitrogens is 2. The van der Waals surface area contributed by atoms with Crippen LogP contribution in [0.15, 0.2) is 24.4 Å². The van der Waals surface area contributed by atoms with Gasteiger partial charge in [0, 0.05) is 37.4 Å². The van der Waals surface area contributed by atoms with Crippen molar-refractivity contribution in [2.45, 2.75) is 32.7 Å². The number of fused-ring (bicyclic) bond motifs is 1. The Bertz CT molecular complexity index is 503. The lowest BCUT2D eigenvalue weighted by Gasteiger charge is -2.16. The molecule has 18 heavy (non-hydrogen) atoms. The summed E-state index contributed by atoms with van der Waals surface area (Å²) in [5.74, 6) is 0. The molecule has 1 unspecified atom stereocenters. The third kappa shape index (κ3) is 2.71. The molecule has 0 saturated heterocycles. The van der Waals surface area contributed by atoms with Crippen LogP contribution < -0.4 is 11.1 Å². The summed E-state index contributed by atoms with van der Waals surface area (Å²) in [7, 11) is 0. The van der Waals surface area contributed by atoms with Crippen LogP contribution in [0.2, 0.25) is 0 Å². The molecule has 0 bridgehead atoms. The number of pyridine rings is 1. The molecule has 2 aromatic rings. The average molecular weight is 246 g/mol. The van der Waals surface area contributed by atoms with Crippen LogP contribution in [-0.2, 0) is 6.42 Å². The average Bonchev–Trinajstić information content (AvgIpc) is 2.70. The van der Waals surface area contributed by atoms with Crippen LogP contribution in [0.3, 0.4) is 0 Å². The smallest absolute Gasteiger partial charge is 0.137 e. The third-order valence-electron chi connectivity index (χ3n) is 3.34. The molecule has 1 atom stereocenters. The van der Waals surface area contributed by atoms with Gasteiger partial charge in [0.1, 0.15) is 5.65 Å². The Morgan fingerprint density at radius 3 is 3.00 bits per heavy atom. The fourth-order valence-corrected chi connectivity index (χ4v) is 2.29. The van der Waals surface area contributed by atoms with Crippen molar-refractivity contribution in [1.82, 2.24) is 14.7 Å². The van der Waals surface area contributed by atoms with Crippen molar-refractivity contribution in [3.05, 3.63) is 35.8 Å². The number of hydrogen-bond donors (Lipinski definition) is 2. The van der Waals surface area contributed by atoms with Gasteiger partial charge in [-0.2, -0.15) is 0 Å². The molecule has 98 valence electrons. The number of aryl methyl sites for hydroxylation is 1. The van der Waals surface area contributed by atoms with Crippen molar-refractivity contribution in [3.8, 4) is 0 Å². The Balaban J connectivity index is 2.21. The minimum absolute atomic E-state index is 0.465. The lowest BCUT2D eigenvalue weighted by Crippen LogP contribution is -2.34. The van der Waals surface area contributed by atoms with Crippen LogP contribution in [0.4, 0.5) is 0 Å². The zero-order valence-electron chi connectivity index (χ0n) is 11.2. The molecule has 0 aliphatic heterocycles. The molecule has 0 saturated carbocycles. The van der Waals surface area contributed by atoms with Gasteiger partial charge in [0.05, 0.1) is 5.69 Å². The molecule has 0 aliphatic rings. The predicted octanol–water partition coefficient (Wildman–Crippen LogP) is 1.51. The highest BCUT2D eigenvalue weighted by Crippen LogP contribution is 2.14. The lowest BCUT2D eigenvalue weighted by molar-refractivity contribution is 0.495. The molecule has 2 aromatic heterocycles. The molecule has 0 aromatic carbocycles. The van der Waals surface area contributed by atoms with E-state index in [0.29, 0.717) is 12.6 Å². The molecule has 0 radical (unpaired) electrons. The summed E-state index contributed by atoms with van der Waals surface area (Å²) in [6.07, 6.45) is 4.17. The SMILES string of the molecule is CCC(Cc1c(C)nc2ccccn12)NCCN. The first kappa shape index (κ1) is 13.1. The molecule has 2 heterocycles. The monoisotopic (exact) mass is 246 g/mol. The highest BCUT2D eigenvalue weighted by Gasteiger charge is 2.13. The molecule has 4 nitrogen and oxygen atoms in total. The first-order valence-corrected chi connectivity index (χ1v) is 6.62. The van der Waals surface area contributed by atoms with Gasteiger partial charge in [0.15, 0.2) is 0 Å². The topological polar surface area (TPSA) is 55.3 Å². The Labute approximate surface area is 108 Å². The van der Waals surface area contributed by atoms with Crippen LogP contribution in [-0.4, -0.2) is 28.5 Å². The van der Waals surface area contributed by atoms with E-state index in [9.17, 15) is 0 Å². The number of hydrogen-bond acceptors (Lipinski definition) is 3. The van der Waals surface area contributed by atoms with Gasteiger partial charge in [-0.3, -0.25) is 0 Å². The second-order valence-corrected chi connectivity index (χ2v) is 4.62. The van der Waals surface area contributed by atoms with Crippen molar-refractivity contribution in [2.75, 3.05) is 13.1 Å². The summed E-state index contributed by atoms with van der Waals surface area (Å²) in [4.78, 5) is 4.59. The molecular formula is C14H22N4. The number of nitrogens with two attached hydrogens (primary N) is 1. The van der Waals surface area contributed by atoms with E-state index in [0.717, 1.165) is 30.7 Å². The summed E-state index contributed by atoms with van der Waals surface area (Å²) in [5.41, 5.74) is 8.98. The van der Waals surface area contributed by atoms with E-state index in [-0.39, 0.29) is 0 Å². The predicted molar refractivity (Wildman–Crippen MR) is 74.8 cm³/mol.